The summed E-state index contributed by atoms with van der Waals surface area (Å²) in [5.41, 5.74) is 2.30. The molecule has 1 aliphatic rings. The summed E-state index contributed by atoms with van der Waals surface area (Å²) >= 11 is 7.53. The van der Waals surface area contributed by atoms with E-state index in [0.29, 0.717) is 30.4 Å². The average molecular weight is 377 g/mol. The number of carbonyl (C=O) groups excluding carboxylic acids is 2. The Morgan fingerprint density at radius 3 is 2.56 bits per heavy atom. The van der Waals surface area contributed by atoms with Crippen molar-refractivity contribution in [2.75, 3.05) is 18.1 Å². The van der Waals surface area contributed by atoms with E-state index >= 15 is 0 Å². The zero-order valence-electron chi connectivity index (χ0n) is 14.6. The maximum absolute atomic E-state index is 12.5. The summed E-state index contributed by atoms with van der Waals surface area (Å²) in [6.07, 6.45) is 0. The van der Waals surface area contributed by atoms with Gasteiger partial charge in [0.2, 0.25) is 0 Å². The Labute approximate surface area is 157 Å². The van der Waals surface area contributed by atoms with Crippen LogP contribution < -0.4 is 4.90 Å². The monoisotopic (exact) mass is 376 g/mol. The van der Waals surface area contributed by atoms with E-state index in [2.05, 4.69) is 18.7 Å². The first-order valence-corrected chi connectivity index (χ1v) is 9.56. The lowest BCUT2D eigenvalue weighted by atomic mass is 9.99. The molecule has 4 nitrogen and oxygen atoms in total. The van der Waals surface area contributed by atoms with Gasteiger partial charge in [-0.3, -0.25) is 19.4 Å². The predicted octanol–water partition coefficient (Wildman–Crippen LogP) is 4.53. The standard InChI is InChI=1S/C19H21ClN2O2S/c1-4-21(10-14-6-8-17(20)25-14)11-22-16-7-5-13(12(2)3)9-15(16)18(23)19(22)24/h5-9,12H,4,10-11H2,1-3H3. The van der Waals surface area contributed by atoms with Crippen molar-refractivity contribution in [3.05, 3.63) is 50.7 Å². The molecule has 0 N–H and O–H groups in total. The maximum atomic E-state index is 12.5. The molecular formula is C19H21ClN2O2S. The molecule has 0 spiro atoms. The van der Waals surface area contributed by atoms with Gasteiger partial charge in [0, 0.05) is 11.4 Å². The second-order valence-corrected chi connectivity index (χ2v) is 8.29. The van der Waals surface area contributed by atoms with Crippen molar-refractivity contribution in [1.29, 1.82) is 0 Å². The van der Waals surface area contributed by atoms with Crippen LogP contribution in [0.4, 0.5) is 5.69 Å². The van der Waals surface area contributed by atoms with Crippen molar-refractivity contribution in [3.8, 4) is 0 Å². The number of halogens is 1. The molecule has 132 valence electrons. The lowest BCUT2D eigenvalue weighted by Gasteiger charge is -2.26. The first kappa shape index (κ1) is 18.1. The Hall–Kier alpha value is -1.69. The highest BCUT2D eigenvalue weighted by atomic mass is 35.5. The normalized spacial score (nSPS) is 14.1. The van der Waals surface area contributed by atoms with Crippen molar-refractivity contribution in [1.82, 2.24) is 4.90 Å². The number of hydrogen-bond acceptors (Lipinski definition) is 4. The van der Waals surface area contributed by atoms with E-state index in [1.54, 1.807) is 4.90 Å². The van der Waals surface area contributed by atoms with Crippen LogP contribution in [0.5, 0.6) is 0 Å². The average Bonchev–Trinajstić information content (AvgIpc) is 3.10. The van der Waals surface area contributed by atoms with E-state index in [0.717, 1.165) is 21.3 Å². The Morgan fingerprint density at radius 2 is 1.96 bits per heavy atom. The largest absolute Gasteiger partial charge is 0.300 e. The molecular weight excluding hydrogens is 356 g/mol. The van der Waals surface area contributed by atoms with E-state index < -0.39 is 11.7 Å². The minimum Gasteiger partial charge on any atom is -0.291 e. The molecule has 25 heavy (non-hydrogen) atoms. The summed E-state index contributed by atoms with van der Waals surface area (Å²) < 4.78 is 0.755. The molecule has 0 saturated heterocycles. The van der Waals surface area contributed by atoms with E-state index in [4.69, 9.17) is 11.6 Å². The molecule has 3 rings (SSSR count). The molecule has 2 aromatic rings. The van der Waals surface area contributed by atoms with Crippen molar-refractivity contribution in [2.45, 2.75) is 33.2 Å². The number of rotatable bonds is 6. The second-order valence-electron chi connectivity index (χ2n) is 6.49. The Bertz CT molecular complexity index is 816. The molecule has 6 heteroatoms. The van der Waals surface area contributed by atoms with Crippen LogP contribution in [0.1, 0.15) is 47.5 Å². The topological polar surface area (TPSA) is 40.6 Å². The quantitative estimate of drug-likeness (QED) is 0.695. The predicted molar refractivity (Wildman–Crippen MR) is 103 cm³/mol. The van der Waals surface area contributed by atoms with Gasteiger partial charge in [0.25, 0.3) is 5.78 Å². The van der Waals surface area contributed by atoms with E-state index in [1.165, 1.54) is 11.3 Å². The fourth-order valence-electron chi connectivity index (χ4n) is 2.94. The zero-order valence-corrected chi connectivity index (χ0v) is 16.2. The summed E-state index contributed by atoms with van der Waals surface area (Å²) in [7, 11) is 0. The van der Waals surface area contributed by atoms with Crippen LogP contribution in [0.15, 0.2) is 30.3 Å². The minimum atomic E-state index is -0.446. The maximum Gasteiger partial charge on any atom is 0.300 e. The van der Waals surface area contributed by atoms with Crippen LogP contribution in [0.25, 0.3) is 0 Å². The third-order valence-electron chi connectivity index (χ3n) is 4.46. The van der Waals surface area contributed by atoms with Crippen LogP contribution in [0.3, 0.4) is 0 Å². The highest BCUT2D eigenvalue weighted by Gasteiger charge is 2.36. The van der Waals surface area contributed by atoms with Crippen LogP contribution in [0.2, 0.25) is 4.34 Å². The number of Topliss-reactive ketones (excluding diaryl/α,β-unsaturated/α-hetero) is 1. The number of thiophene rings is 1. The number of carbonyl (C=O) groups is 2. The Balaban J connectivity index is 1.83. The smallest absolute Gasteiger partial charge is 0.291 e. The van der Waals surface area contributed by atoms with Crippen molar-refractivity contribution >= 4 is 40.3 Å². The molecule has 0 saturated carbocycles. The van der Waals surface area contributed by atoms with Gasteiger partial charge in [0.15, 0.2) is 0 Å². The second kappa shape index (κ2) is 7.28. The van der Waals surface area contributed by atoms with E-state index in [-0.39, 0.29) is 0 Å². The van der Waals surface area contributed by atoms with Gasteiger partial charge in [-0.2, -0.15) is 0 Å². The summed E-state index contributed by atoms with van der Waals surface area (Å²) in [4.78, 5) is 29.7. The molecule has 0 atom stereocenters. The van der Waals surface area contributed by atoms with Gasteiger partial charge >= 0.3 is 5.91 Å². The van der Waals surface area contributed by atoms with Crippen LogP contribution in [-0.2, 0) is 11.3 Å². The molecule has 1 amide bonds. The number of nitrogens with zero attached hydrogens (tertiary/aromatic N) is 2. The van der Waals surface area contributed by atoms with E-state index in [9.17, 15) is 9.59 Å². The van der Waals surface area contributed by atoms with Gasteiger partial charge in [-0.15, -0.1) is 11.3 Å². The first-order chi connectivity index (χ1) is 11.9. The van der Waals surface area contributed by atoms with Crippen LogP contribution in [0, 0.1) is 0 Å². The zero-order chi connectivity index (χ0) is 18.1. The molecule has 0 radical (unpaired) electrons. The Kier molecular flexibility index (Phi) is 5.27. The molecule has 0 unspecified atom stereocenters. The third kappa shape index (κ3) is 3.64. The van der Waals surface area contributed by atoms with Gasteiger partial charge in [-0.25, -0.2) is 0 Å². The highest BCUT2D eigenvalue weighted by molar-refractivity contribution is 7.16. The third-order valence-corrected chi connectivity index (χ3v) is 5.67. The Morgan fingerprint density at radius 1 is 1.20 bits per heavy atom. The highest BCUT2D eigenvalue weighted by Crippen LogP contribution is 2.32. The summed E-state index contributed by atoms with van der Waals surface area (Å²) in [6.45, 7) is 8.06. The summed E-state index contributed by atoms with van der Waals surface area (Å²) in [6, 6.07) is 9.62. The fourth-order valence-corrected chi connectivity index (χ4v) is 4.07. The van der Waals surface area contributed by atoms with Crippen molar-refractivity contribution in [2.24, 2.45) is 0 Å². The molecule has 1 aromatic heterocycles. The van der Waals surface area contributed by atoms with E-state index in [1.807, 2.05) is 37.3 Å². The molecule has 1 aliphatic heterocycles. The lowest BCUT2D eigenvalue weighted by Crippen LogP contribution is -2.40. The van der Waals surface area contributed by atoms with Crippen LogP contribution >= 0.6 is 22.9 Å². The van der Waals surface area contributed by atoms with Gasteiger partial charge in [0.1, 0.15) is 0 Å². The van der Waals surface area contributed by atoms with Gasteiger partial charge in [0.05, 0.1) is 22.3 Å². The molecule has 0 bridgehead atoms. The number of fused-ring (bicyclic) bond motifs is 1. The number of amides is 1. The van der Waals surface area contributed by atoms with Gasteiger partial charge in [-0.05, 0) is 42.3 Å². The summed E-state index contributed by atoms with van der Waals surface area (Å²) in [5, 5.41) is 0. The number of anilines is 1. The molecule has 1 aromatic carbocycles. The van der Waals surface area contributed by atoms with Gasteiger partial charge in [-0.1, -0.05) is 38.4 Å². The summed E-state index contributed by atoms with van der Waals surface area (Å²) in [5.74, 6) is -0.538. The van der Waals surface area contributed by atoms with Crippen molar-refractivity contribution in [3.63, 3.8) is 0 Å². The first-order valence-electron chi connectivity index (χ1n) is 8.37. The SMILES string of the molecule is CCN(Cc1ccc(Cl)s1)CN1C(=O)C(=O)c2cc(C(C)C)ccc21. The number of benzene rings is 1. The fraction of sp³-hybridized carbons (Fsp3) is 0.368. The number of ketones is 1. The minimum absolute atomic E-state index is 0.318. The molecule has 0 fully saturated rings. The molecule has 2 heterocycles. The van der Waals surface area contributed by atoms with Crippen LogP contribution in [-0.4, -0.2) is 29.8 Å². The van der Waals surface area contributed by atoms with Gasteiger partial charge < -0.3 is 0 Å². The van der Waals surface area contributed by atoms with Crippen molar-refractivity contribution < 1.29 is 9.59 Å². The lowest BCUT2D eigenvalue weighted by molar-refractivity contribution is -0.114. The molecule has 0 aliphatic carbocycles. The number of hydrogen-bond donors (Lipinski definition) is 0.